The smallest absolute Gasteiger partial charge is 0.220 e. The number of carbonyl (C=O) groups is 1. The highest BCUT2D eigenvalue weighted by atomic mass is 16.5. The van der Waals surface area contributed by atoms with Gasteiger partial charge in [0.15, 0.2) is 0 Å². The van der Waals surface area contributed by atoms with Crippen LogP contribution in [-0.2, 0) is 11.3 Å². The molecule has 2 aromatic rings. The number of nitrogens with zero attached hydrogens (tertiary/aromatic N) is 3. The lowest BCUT2D eigenvalue weighted by Gasteiger charge is -2.41. The molecule has 5 heteroatoms. The van der Waals surface area contributed by atoms with Crippen molar-refractivity contribution in [3.05, 3.63) is 59.9 Å². The molecule has 0 saturated carbocycles. The van der Waals surface area contributed by atoms with Crippen molar-refractivity contribution < 1.29 is 9.53 Å². The summed E-state index contributed by atoms with van der Waals surface area (Å²) in [6, 6.07) is 12.2. The predicted octanol–water partition coefficient (Wildman–Crippen LogP) is 2.50. The maximum absolute atomic E-state index is 12.0. The van der Waals surface area contributed by atoms with Crippen LogP contribution in [0.5, 0.6) is 5.75 Å². The lowest BCUT2D eigenvalue weighted by molar-refractivity contribution is -0.134. The van der Waals surface area contributed by atoms with Crippen molar-refractivity contribution in [2.45, 2.75) is 19.5 Å². The third kappa shape index (κ3) is 3.74. The first-order valence-electron chi connectivity index (χ1n) is 8.20. The zero-order chi connectivity index (χ0) is 16.9. The fourth-order valence-electron chi connectivity index (χ4n) is 3.22. The molecule has 1 aromatic heterocycles. The second-order valence-corrected chi connectivity index (χ2v) is 6.09. The minimum Gasteiger partial charge on any atom is -0.497 e. The van der Waals surface area contributed by atoms with Gasteiger partial charge in [-0.25, -0.2) is 0 Å². The van der Waals surface area contributed by atoms with E-state index >= 15 is 0 Å². The average molecular weight is 325 g/mol. The van der Waals surface area contributed by atoms with Gasteiger partial charge in [-0.15, -0.1) is 0 Å². The van der Waals surface area contributed by atoms with E-state index in [1.54, 1.807) is 14.0 Å². The Morgan fingerprint density at radius 2 is 1.88 bits per heavy atom. The molecule has 1 saturated heterocycles. The highest BCUT2D eigenvalue weighted by molar-refractivity contribution is 5.74. The van der Waals surface area contributed by atoms with Gasteiger partial charge in [0.2, 0.25) is 5.91 Å². The summed E-state index contributed by atoms with van der Waals surface area (Å²) in [4.78, 5) is 20.5. The molecule has 1 atom stereocenters. The topological polar surface area (TPSA) is 45.7 Å². The van der Waals surface area contributed by atoms with Crippen molar-refractivity contribution in [3.8, 4) is 5.75 Å². The van der Waals surface area contributed by atoms with E-state index in [2.05, 4.69) is 22.0 Å². The standard InChI is InChI=1S/C19H23N3O2/c1-15(23)22-12-11-21(13-16-7-9-20-10-8-16)14-19(22)17-3-5-18(24-2)6-4-17/h3-10,19H,11-14H2,1-2H3/t19-/m1/s1. The van der Waals surface area contributed by atoms with Crippen LogP contribution < -0.4 is 4.74 Å². The van der Waals surface area contributed by atoms with Gasteiger partial charge in [0.05, 0.1) is 13.2 Å². The van der Waals surface area contributed by atoms with E-state index in [1.165, 1.54) is 5.56 Å². The second-order valence-electron chi connectivity index (χ2n) is 6.09. The molecule has 126 valence electrons. The molecule has 0 bridgehead atoms. The molecule has 1 aliphatic rings. The average Bonchev–Trinajstić information content (AvgIpc) is 2.62. The number of rotatable bonds is 4. The number of amides is 1. The van der Waals surface area contributed by atoms with Gasteiger partial charge in [0.1, 0.15) is 5.75 Å². The summed E-state index contributed by atoms with van der Waals surface area (Å²) < 4.78 is 5.23. The zero-order valence-corrected chi connectivity index (χ0v) is 14.2. The van der Waals surface area contributed by atoms with Gasteiger partial charge in [0.25, 0.3) is 0 Å². The number of ether oxygens (including phenoxy) is 1. The monoisotopic (exact) mass is 325 g/mol. The lowest BCUT2D eigenvalue weighted by atomic mass is 10.0. The Morgan fingerprint density at radius 3 is 2.50 bits per heavy atom. The van der Waals surface area contributed by atoms with E-state index < -0.39 is 0 Å². The van der Waals surface area contributed by atoms with Crippen LogP contribution in [0, 0.1) is 0 Å². The molecular weight excluding hydrogens is 302 g/mol. The number of hydrogen-bond acceptors (Lipinski definition) is 4. The van der Waals surface area contributed by atoms with E-state index in [1.807, 2.05) is 41.6 Å². The highest BCUT2D eigenvalue weighted by Crippen LogP contribution is 2.27. The summed E-state index contributed by atoms with van der Waals surface area (Å²) in [6.07, 6.45) is 3.64. The first-order chi connectivity index (χ1) is 11.7. The summed E-state index contributed by atoms with van der Waals surface area (Å²) in [7, 11) is 1.66. The second kappa shape index (κ2) is 7.45. The Hall–Kier alpha value is -2.40. The van der Waals surface area contributed by atoms with Gasteiger partial charge in [-0.1, -0.05) is 12.1 Å². The van der Waals surface area contributed by atoms with Crippen LogP contribution in [0.15, 0.2) is 48.8 Å². The summed E-state index contributed by atoms with van der Waals surface area (Å²) in [6.45, 7) is 4.98. The van der Waals surface area contributed by atoms with Crippen LogP contribution in [-0.4, -0.2) is 47.4 Å². The maximum Gasteiger partial charge on any atom is 0.220 e. The van der Waals surface area contributed by atoms with Crippen LogP contribution in [0.2, 0.25) is 0 Å². The van der Waals surface area contributed by atoms with Crippen molar-refractivity contribution in [2.75, 3.05) is 26.7 Å². The zero-order valence-electron chi connectivity index (χ0n) is 14.2. The fraction of sp³-hybridized carbons (Fsp3) is 0.368. The van der Waals surface area contributed by atoms with Crippen LogP contribution in [0.3, 0.4) is 0 Å². The molecule has 0 unspecified atom stereocenters. The van der Waals surface area contributed by atoms with Gasteiger partial charge in [-0.05, 0) is 35.4 Å². The minimum absolute atomic E-state index is 0.0731. The molecule has 24 heavy (non-hydrogen) atoms. The Kier molecular flexibility index (Phi) is 5.11. The van der Waals surface area contributed by atoms with Crippen LogP contribution >= 0.6 is 0 Å². The summed E-state index contributed by atoms with van der Waals surface area (Å²) in [5.41, 5.74) is 2.39. The Bertz CT molecular complexity index is 673. The Morgan fingerprint density at radius 1 is 1.17 bits per heavy atom. The third-order valence-corrected chi connectivity index (χ3v) is 4.53. The molecule has 1 amide bonds. The molecule has 2 heterocycles. The predicted molar refractivity (Wildman–Crippen MR) is 92.6 cm³/mol. The van der Waals surface area contributed by atoms with Gasteiger partial charge >= 0.3 is 0 Å². The van der Waals surface area contributed by atoms with E-state index in [4.69, 9.17) is 4.74 Å². The molecule has 0 N–H and O–H groups in total. The number of benzene rings is 1. The van der Waals surface area contributed by atoms with E-state index in [9.17, 15) is 4.79 Å². The molecule has 5 nitrogen and oxygen atoms in total. The highest BCUT2D eigenvalue weighted by Gasteiger charge is 2.29. The van der Waals surface area contributed by atoms with E-state index in [0.717, 1.165) is 37.5 Å². The largest absolute Gasteiger partial charge is 0.497 e. The summed E-state index contributed by atoms with van der Waals surface area (Å²) >= 11 is 0. The number of hydrogen-bond donors (Lipinski definition) is 0. The van der Waals surface area contributed by atoms with Gasteiger partial charge in [0, 0.05) is 45.5 Å². The SMILES string of the molecule is COc1ccc([C@H]2CN(Cc3ccncc3)CCN2C(C)=O)cc1. The number of aromatic nitrogens is 1. The van der Waals surface area contributed by atoms with Crippen molar-refractivity contribution >= 4 is 5.91 Å². The van der Waals surface area contributed by atoms with Gasteiger partial charge < -0.3 is 9.64 Å². The Labute approximate surface area is 142 Å². The van der Waals surface area contributed by atoms with Crippen LogP contribution in [0.25, 0.3) is 0 Å². The maximum atomic E-state index is 12.0. The summed E-state index contributed by atoms with van der Waals surface area (Å²) in [5, 5.41) is 0. The number of pyridine rings is 1. The number of carbonyl (C=O) groups excluding carboxylic acids is 1. The number of methoxy groups -OCH3 is 1. The fourth-order valence-corrected chi connectivity index (χ4v) is 3.22. The molecule has 1 aromatic carbocycles. The summed E-state index contributed by atoms with van der Waals surface area (Å²) in [5.74, 6) is 0.956. The molecule has 0 aliphatic carbocycles. The molecule has 0 radical (unpaired) electrons. The molecule has 1 aliphatic heterocycles. The van der Waals surface area contributed by atoms with Crippen LogP contribution in [0.1, 0.15) is 24.1 Å². The Balaban J connectivity index is 1.77. The quantitative estimate of drug-likeness (QED) is 0.866. The first kappa shape index (κ1) is 16.5. The lowest BCUT2D eigenvalue weighted by Crippen LogP contribution is -2.49. The van der Waals surface area contributed by atoms with Crippen molar-refractivity contribution in [3.63, 3.8) is 0 Å². The van der Waals surface area contributed by atoms with Crippen LogP contribution in [0.4, 0.5) is 0 Å². The third-order valence-electron chi connectivity index (χ3n) is 4.53. The molecule has 3 rings (SSSR count). The van der Waals surface area contributed by atoms with Crippen molar-refractivity contribution in [1.82, 2.24) is 14.8 Å². The van der Waals surface area contributed by atoms with E-state index in [0.29, 0.717) is 0 Å². The van der Waals surface area contributed by atoms with Crippen molar-refractivity contribution in [1.29, 1.82) is 0 Å². The first-order valence-corrected chi connectivity index (χ1v) is 8.20. The van der Waals surface area contributed by atoms with Crippen molar-refractivity contribution in [2.24, 2.45) is 0 Å². The van der Waals surface area contributed by atoms with E-state index in [-0.39, 0.29) is 11.9 Å². The minimum atomic E-state index is 0.0731. The van der Waals surface area contributed by atoms with Gasteiger partial charge in [-0.3, -0.25) is 14.7 Å². The molecule has 0 spiro atoms. The number of piperazine rings is 1. The molecule has 1 fully saturated rings. The van der Waals surface area contributed by atoms with Gasteiger partial charge in [-0.2, -0.15) is 0 Å². The normalized spacial score (nSPS) is 18.4. The molecular formula is C19H23N3O2.